The highest BCUT2D eigenvalue weighted by molar-refractivity contribution is 6.35. The Labute approximate surface area is 190 Å². The zero-order valence-corrected chi connectivity index (χ0v) is 18.7. The van der Waals surface area contributed by atoms with Gasteiger partial charge in [0.15, 0.2) is 5.82 Å². The first kappa shape index (κ1) is 21.9. The highest BCUT2D eigenvalue weighted by Gasteiger charge is 2.18. The van der Waals surface area contributed by atoms with Crippen LogP contribution >= 0.6 is 11.6 Å². The lowest BCUT2D eigenvalue weighted by Crippen LogP contribution is -2.11. The Kier molecular flexibility index (Phi) is 5.95. The predicted molar refractivity (Wildman–Crippen MR) is 126 cm³/mol. The van der Waals surface area contributed by atoms with E-state index in [4.69, 9.17) is 17.3 Å². The summed E-state index contributed by atoms with van der Waals surface area (Å²) >= 11 is 6.63. The van der Waals surface area contributed by atoms with E-state index in [2.05, 4.69) is 20.3 Å². The number of pyridine rings is 1. The molecule has 2 aromatic carbocycles. The summed E-state index contributed by atoms with van der Waals surface area (Å²) in [6.07, 6.45) is 2.59. The Morgan fingerprint density at radius 3 is 2.47 bits per heavy atom. The minimum absolute atomic E-state index is 0.346. The van der Waals surface area contributed by atoms with Crippen molar-refractivity contribution >= 4 is 33.9 Å². The number of hydrogen-bond acceptors (Lipinski definition) is 6. The molecule has 0 radical (unpaired) electrons. The van der Waals surface area contributed by atoms with Crippen LogP contribution in [-0.4, -0.2) is 20.1 Å². The molecule has 0 spiro atoms. The average Bonchev–Trinajstić information content (AvgIpc) is 2.78. The molecule has 32 heavy (non-hydrogen) atoms. The maximum absolute atomic E-state index is 14.4. The van der Waals surface area contributed by atoms with Gasteiger partial charge < -0.3 is 16.2 Å². The standard InChI is InChI=1S/C24H23ClFN5O/c1-12(18-9-17(27)5-6-20(18)26)31-23-19-8-15(4-7-21(19)30-13(2)22(23)25)16-10-28-24(14(3)32)29-11-16/h4-12,14,32H,27H2,1-3H3,(H,30,31)/t12-,14?/m1/s1. The van der Waals surface area contributed by atoms with Gasteiger partial charge in [-0.3, -0.25) is 4.98 Å². The van der Waals surface area contributed by atoms with E-state index >= 15 is 0 Å². The van der Waals surface area contributed by atoms with Crippen LogP contribution in [0.25, 0.3) is 22.0 Å². The van der Waals surface area contributed by atoms with Crippen molar-refractivity contribution in [2.24, 2.45) is 0 Å². The normalized spacial score (nSPS) is 13.2. The topological polar surface area (TPSA) is 97.0 Å². The van der Waals surface area contributed by atoms with Crippen LogP contribution in [0, 0.1) is 12.7 Å². The molecule has 0 aliphatic heterocycles. The third-order valence-electron chi connectivity index (χ3n) is 5.32. The monoisotopic (exact) mass is 451 g/mol. The van der Waals surface area contributed by atoms with Gasteiger partial charge in [0.05, 0.1) is 28.0 Å². The average molecular weight is 452 g/mol. The van der Waals surface area contributed by atoms with Crippen molar-refractivity contribution in [3.63, 3.8) is 0 Å². The highest BCUT2D eigenvalue weighted by atomic mass is 35.5. The molecule has 0 fully saturated rings. The van der Waals surface area contributed by atoms with Gasteiger partial charge in [-0.2, -0.15) is 0 Å². The maximum Gasteiger partial charge on any atom is 0.156 e. The molecule has 0 amide bonds. The number of nitrogen functional groups attached to an aromatic ring is 1. The molecular formula is C24H23ClFN5O. The number of nitrogens with zero attached hydrogens (tertiary/aromatic N) is 3. The number of aryl methyl sites for hydroxylation is 1. The minimum Gasteiger partial charge on any atom is -0.399 e. The summed E-state index contributed by atoms with van der Waals surface area (Å²) in [4.78, 5) is 13.0. The largest absolute Gasteiger partial charge is 0.399 e. The van der Waals surface area contributed by atoms with Gasteiger partial charge >= 0.3 is 0 Å². The minimum atomic E-state index is -0.739. The smallest absolute Gasteiger partial charge is 0.156 e. The van der Waals surface area contributed by atoms with E-state index in [0.717, 1.165) is 22.0 Å². The van der Waals surface area contributed by atoms with Gasteiger partial charge in [0.25, 0.3) is 0 Å². The number of aliphatic hydroxyl groups is 1. The van der Waals surface area contributed by atoms with Gasteiger partial charge in [0, 0.05) is 34.6 Å². The summed E-state index contributed by atoms with van der Waals surface area (Å²) in [5, 5.41) is 14.2. The molecule has 0 saturated heterocycles. The number of benzene rings is 2. The number of nitrogens with one attached hydrogen (secondary N) is 1. The Balaban J connectivity index is 1.79. The first-order valence-electron chi connectivity index (χ1n) is 10.2. The fourth-order valence-electron chi connectivity index (χ4n) is 3.57. The van der Waals surface area contributed by atoms with Gasteiger partial charge in [0.1, 0.15) is 11.9 Å². The van der Waals surface area contributed by atoms with E-state index < -0.39 is 12.1 Å². The van der Waals surface area contributed by atoms with Crippen LogP contribution in [0.2, 0.25) is 5.02 Å². The molecule has 4 aromatic rings. The van der Waals surface area contributed by atoms with Crippen molar-refractivity contribution in [3.05, 3.63) is 76.7 Å². The van der Waals surface area contributed by atoms with Gasteiger partial charge in [-0.15, -0.1) is 0 Å². The van der Waals surface area contributed by atoms with E-state index in [1.54, 1.807) is 25.4 Å². The third-order valence-corrected chi connectivity index (χ3v) is 5.78. The molecular weight excluding hydrogens is 429 g/mol. The molecule has 0 aliphatic rings. The van der Waals surface area contributed by atoms with E-state index in [-0.39, 0.29) is 5.82 Å². The number of nitrogens with two attached hydrogens (primary N) is 1. The summed E-state index contributed by atoms with van der Waals surface area (Å²) in [5.41, 5.74) is 10.5. The van der Waals surface area contributed by atoms with Crippen LogP contribution in [-0.2, 0) is 0 Å². The Hall–Kier alpha value is -3.29. The van der Waals surface area contributed by atoms with Crippen molar-refractivity contribution in [1.29, 1.82) is 0 Å². The zero-order valence-electron chi connectivity index (χ0n) is 17.9. The second-order valence-corrected chi connectivity index (χ2v) is 8.15. The van der Waals surface area contributed by atoms with Crippen molar-refractivity contribution in [3.8, 4) is 11.1 Å². The van der Waals surface area contributed by atoms with Crippen LogP contribution in [0.5, 0.6) is 0 Å². The van der Waals surface area contributed by atoms with Gasteiger partial charge in [0.2, 0.25) is 0 Å². The molecule has 6 nitrogen and oxygen atoms in total. The summed E-state index contributed by atoms with van der Waals surface area (Å²) in [6, 6.07) is 9.87. The summed E-state index contributed by atoms with van der Waals surface area (Å²) in [5.74, 6) is 0.0108. The predicted octanol–water partition coefficient (Wildman–Crippen LogP) is 5.60. The third kappa shape index (κ3) is 4.22. The SMILES string of the molecule is Cc1nc2ccc(-c3cnc(C(C)O)nc3)cc2c(N[C@H](C)c2cc(N)ccc2F)c1Cl. The van der Waals surface area contributed by atoms with E-state index in [1.165, 1.54) is 12.1 Å². The lowest BCUT2D eigenvalue weighted by molar-refractivity contribution is 0.189. The molecule has 2 atom stereocenters. The van der Waals surface area contributed by atoms with Crippen molar-refractivity contribution in [2.75, 3.05) is 11.1 Å². The van der Waals surface area contributed by atoms with E-state index in [9.17, 15) is 9.50 Å². The molecule has 0 aliphatic carbocycles. The molecule has 2 aromatic heterocycles. The lowest BCUT2D eigenvalue weighted by atomic mass is 10.0. The molecule has 8 heteroatoms. The zero-order chi connectivity index (χ0) is 23.0. The summed E-state index contributed by atoms with van der Waals surface area (Å²) in [7, 11) is 0. The van der Waals surface area contributed by atoms with Crippen molar-refractivity contribution < 1.29 is 9.50 Å². The second-order valence-electron chi connectivity index (χ2n) is 7.77. The van der Waals surface area contributed by atoms with E-state index in [0.29, 0.717) is 33.5 Å². The van der Waals surface area contributed by atoms with Crippen LogP contribution in [0.3, 0.4) is 0 Å². The van der Waals surface area contributed by atoms with Crippen molar-refractivity contribution in [1.82, 2.24) is 15.0 Å². The maximum atomic E-state index is 14.4. The lowest BCUT2D eigenvalue weighted by Gasteiger charge is -2.20. The first-order chi connectivity index (χ1) is 15.2. The molecule has 4 N–H and O–H groups in total. The number of hydrogen-bond donors (Lipinski definition) is 3. The van der Waals surface area contributed by atoms with E-state index in [1.807, 2.05) is 32.0 Å². The fourth-order valence-corrected chi connectivity index (χ4v) is 3.77. The fraction of sp³-hybridized carbons (Fsp3) is 0.208. The van der Waals surface area contributed by atoms with Gasteiger partial charge in [-0.1, -0.05) is 17.7 Å². The van der Waals surface area contributed by atoms with Crippen molar-refractivity contribution in [2.45, 2.75) is 32.9 Å². The molecule has 2 heterocycles. The molecule has 164 valence electrons. The number of aromatic nitrogens is 3. The van der Waals surface area contributed by atoms with Gasteiger partial charge in [-0.25, -0.2) is 14.4 Å². The quantitative estimate of drug-likeness (QED) is 0.342. The number of aliphatic hydroxyl groups excluding tert-OH is 1. The summed E-state index contributed by atoms with van der Waals surface area (Å²) in [6.45, 7) is 5.29. The Morgan fingerprint density at radius 2 is 1.78 bits per heavy atom. The summed E-state index contributed by atoms with van der Waals surface area (Å²) < 4.78 is 14.4. The number of rotatable bonds is 5. The molecule has 1 unspecified atom stereocenters. The highest BCUT2D eigenvalue weighted by Crippen LogP contribution is 2.37. The molecule has 0 bridgehead atoms. The first-order valence-corrected chi connectivity index (χ1v) is 10.5. The van der Waals surface area contributed by atoms with Crippen LogP contribution in [0.1, 0.15) is 43.1 Å². The number of fused-ring (bicyclic) bond motifs is 1. The van der Waals surface area contributed by atoms with Crippen LogP contribution in [0.15, 0.2) is 48.8 Å². The molecule has 0 saturated carbocycles. The number of anilines is 2. The van der Waals surface area contributed by atoms with Crippen LogP contribution < -0.4 is 11.1 Å². The van der Waals surface area contributed by atoms with Crippen LogP contribution in [0.4, 0.5) is 15.8 Å². The van der Waals surface area contributed by atoms with Gasteiger partial charge in [-0.05, 0) is 56.7 Å². The second kappa shape index (κ2) is 8.68. The Morgan fingerprint density at radius 1 is 1.06 bits per heavy atom. The molecule has 4 rings (SSSR count). The Bertz CT molecular complexity index is 1290. The number of halogens is 2.